The third-order valence-electron chi connectivity index (χ3n) is 5.54. The third-order valence-corrected chi connectivity index (χ3v) is 5.54. The first kappa shape index (κ1) is 19.9. The van der Waals surface area contributed by atoms with E-state index in [1.807, 2.05) is 45.0 Å². The van der Waals surface area contributed by atoms with Gasteiger partial charge < -0.3 is 10.2 Å². The Balaban J connectivity index is 1.55. The molecule has 1 unspecified atom stereocenters. The fraction of sp³-hybridized carbons (Fsp3) is 0.348. The summed E-state index contributed by atoms with van der Waals surface area (Å²) in [4.78, 5) is 33.0. The lowest BCUT2D eigenvalue weighted by molar-refractivity contribution is -0.120. The zero-order valence-corrected chi connectivity index (χ0v) is 17.6. The molecule has 1 atom stereocenters. The summed E-state index contributed by atoms with van der Waals surface area (Å²) < 4.78 is 0. The maximum atomic E-state index is 12.9. The Hall–Kier alpha value is -3.35. The normalized spacial score (nSPS) is 16.4. The van der Waals surface area contributed by atoms with E-state index in [1.54, 1.807) is 18.6 Å². The van der Waals surface area contributed by atoms with Crippen LogP contribution < -0.4 is 10.2 Å². The quantitative estimate of drug-likeness (QED) is 0.716. The molecule has 4 heterocycles. The van der Waals surface area contributed by atoms with E-state index in [9.17, 15) is 4.79 Å². The number of piperidine rings is 1. The van der Waals surface area contributed by atoms with E-state index < -0.39 is 0 Å². The molecule has 0 aliphatic carbocycles. The van der Waals surface area contributed by atoms with Gasteiger partial charge in [0.2, 0.25) is 5.91 Å². The number of hydrogen-bond donors (Lipinski definition) is 1. The molecule has 1 saturated heterocycles. The van der Waals surface area contributed by atoms with E-state index in [-0.39, 0.29) is 11.8 Å². The predicted molar refractivity (Wildman–Crippen MR) is 117 cm³/mol. The number of carbonyl (C=O) groups is 1. The highest BCUT2D eigenvalue weighted by Crippen LogP contribution is 2.28. The molecule has 1 amide bonds. The molecule has 30 heavy (non-hydrogen) atoms. The number of amides is 1. The van der Waals surface area contributed by atoms with Crippen LogP contribution in [0.15, 0.2) is 42.9 Å². The van der Waals surface area contributed by atoms with Crippen molar-refractivity contribution in [3.63, 3.8) is 0 Å². The number of aromatic nitrogens is 4. The molecule has 1 N–H and O–H groups in total. The minimum absolute atomic E-state index is 0.00645. The molecule has 1 fully saturated rings. The molecule has 0 aromatic carbocycles. The molecule has 3 aromatic heterocycles. The number of pyridine rings is 2. The summed E-state index contributed by atoms with van der Waals surface area (Å²) >= 11 is 0. The summed E-state index contributed by atoms with van der Waals surface area (Å²) in [6.45, 7) is 7.51. The van der Waals surface area contributed by atoms with Gasteiger partial charge in [-0.15, -0.1) is 0 Å². The fourth-order valence-corrected chi connectivity index (χ4v) is 3.70. The van der Waals surface area contributed by atoms with Crippen molar-refractivity contribution in [1.29, 1.82) is 0 Å². The monoisotopic (exact) mass is 402 g/mol. The predicted octanol–water partition coefficient (Wildman–Crippen LogP) is 3.71. The van der Waals surface area contributed by atoms with Gasteiger partial charge in [0.25, 0.3) is 0 Å². The number of rotatable bonds is 4. The number of nitrogens with zero attached hydrogens (tertiary/aromatic N) is 5. The smallest absolute Gasteiger partial charge is 0.230 e. The first-order chi connectivity index (χ1) is 14.5. The molecule has 0 radical (unpaired) electrons. The minimum Gasteiger partial charge on any atom is -0.355 e. The number of nitrogens with one attached hydrogen (secondary N) is 1. The lowest BCUT2D eigenvalue weighted by Gasteiger charge is -2.34. The average Bonchev–Trinajstić information content (AvgIpc) is 2.78. The molecule has 0 spiro atoms. The van der Waals surface area contributed by atoms with Crippen LogP contribution in [0.3, 0.4) is 0 Å². The summed E-state index contributed by atoms with van der Waals surface area (Å²) in [5.41, 5.74) is 3.94. The Kier molecular flexibility index (Phi) is 5.70. The molecule has 3 aromatic rings. The first-order valence-electron chi connectivity index (χ1n) is 10.3. The fourth-order valence-electron chi connectivity index (χ4n) is 3.70. The lowest BCUT2D eigenvalue weighted by Crippen LogP contribution is -2.41. The van der Waals surface area contributed by atoms with Gasteiger partial charge >= 0.3 is 0 Å². The van der Waals surface area contributed by atoms with Crippen molar-refractivity contribution in [2.24, 2.45) is 5.92 Å². The zero-order valence-electron chi connectivity index (χ0n) is 17.6. The maximum absolute atomic E-state index is 12.9. The second-order valence-corrected chi connectivity index (χ2v) is 7.82. The number of anilines is 2. The van der Waals surface area contributed by atoms with Crippen molar-refractivity contribution in [2.75, 3.05) is 23.3 Å². The van der Waals surface area contributed by atoms with Crippen LogP contribution in [-0.2, 0) is 4.79 Å². The van der Waals surface area contributed by atoms with Crippen molar-refractivity contribution >= 4 is 17.5 Å². The van der Waals surface area contributed by atoms with Crippen LogP contribution >= 0.6 is 0 Å². The van der Waals surface area contributed by atoms with Crippen LogP contribution in [0.2, 0.25) is 0 Å². The Bertz CT molecular complexity index is 1040. The van der Waals surface area contributed by atoms with E-state index >= 15 is 0 Å². The van der Waals surface area contributed by atoms with Crippen LogP contribution in [0.1, 0.15) is 29.7 Å². The highest BCUT2D eigenvalue weighted by molar-refractivity contribution is 5.92. The van der Waals surface area contributed by atoms with Crippen LogP contribution in [0.5, 0.6) is 0 Å². The minimum atomic E-state index is -0.113. The zero-order chi connectivity index (χ0) is 21.1. The van der Waals surface area contributed by atoms with Gasteiger partial charge in [-0.3, -0.25) is 9.78 Å². The Morgan fingerprint density at radius 3 is 2.73 bits per heavy atom. The molecule has 154 valence electrons. The van der Waals surface area contributed by atoms with Crippen molar-refractivity contribution in [3.05, 3.63) is 59.7 Å². The van der Waals surface area contributed by atoms with Crippen LogP contribution in [0.4, 0.5) is 11.6 Å². The van der Waals surface area contributed by atoms with E-state index in [1.165, 1.54) is 0 Å². The van der Waals surface area contributed by atoms with E-state index in [4.69, 9.17) is 4.98 Å². The van der Waals surface area contributed by atoms with Gasteiger partial charge in [0.1, 0.15) is 11.6 Å². The van der Waals surface area contributed by atoms with Gasteiger partial charge in [-0.2, -0.15) is 0 Å². The van der Waals surface area contributed by atoms with Crippen molar-refractivity contribution in [3.8, 4) is 11.4 Å². The Morgan fingerprint density at radius 1 is 1.13 bits per heavy atom. The molecular formula is C23H26N6O. The molecule has 7 heteroatoms. The number of carbonyl (C=O) groups excluding carboxylic acids is 1. The average molecular weight is 403 g/mol. The van der Waals surface area contributed by atoms with Gasteiger partial charge in [0, 0.05) is 48.5 Å². The molecule has 4 rings (SSSR count). The molecular weight excluding hydrogens is 376 g/mol. The highest BCUT2D eigenvalue weighted by atomic mass is 16.2. The SMILES string of the molecule is Cc1ccc(NC(=O)C2CCCN(c3nc(-c4cccnc4)nc(C)c3C)C2)nc1. The van der Waals surface area contributed by atoms with Gasteiger partial charge in [-0.25, -0.2) is 15.0 Å². The van der Waals surface area contributed by atoms with Gasteiger partial charge in [0.05, 0.1) is 5.92 Å². The summed E-state index contributed by atoms with van der Waals surface area (Å²) in [5.74, 6) is 2.05. The summed E-state index contributed by atoms with van der Waals surface area (Å²) in [6.07, 6.45) is 7.06. The topological polar surface area (TPSA) is 83.9 Å². The number of hydrogen-bond acceptors (Lipinski definition) is 6. The maximum Gasteiger partial charge on any atom is 0.230 e. The van der Waals surface area contributed by atoms with Crippen LogP contribution in [0.25, 0.3) is 11.4 Å². The Labute approximate surface area is 176 Å². The third kappa shape index (κ3) is 4.30. The standard InChI is InChI=1S/C23H26N6O/c1-15-8-9-20(25-12-15)27-23(30)19-7-5-11-29(14-19)22-16(2)17(3)26-21(28-22)18-6-4-10-24-13-18/h4,6,8-10,12-13,19H,5,7,11,14H2,1-3H3,(H,25,27,30). The molecule has 7 nitrogen and oxygen atoms in total. The second-order valence-electron chi connectivity index (χ2n) is 7.82. The van der Waals surface area contributed by atoms with Gasteiger partial charge in [0.15, 0.2) is 5.82 Å². The van der Waals surface area contributed by atoms with Crippen molar-refractivity contribution < 1.29 is 4.79 Å². The molecule has 0 bridgehead atoms. The van der Waals surface area contributed by atoms with Crippen molar-refractivity contribution in [1.82, 2.24) is 19.9 Å². The molecule has 1 aliphatic heterocycles. The Morgan fingerprint density at radius 2 is 2.00 bits per heavy atom. The molecule has 0 saturated carbocycles. The van der Waals surface area contributed by atoms with E-state index in [2.05, 4.69) is 25.2 Å². The summed E-state index contributed by atoms with van der Waals surface area (Å²) in [5, 5.41) is 2.96. The highest BCUT2D eigenvalue weighted by Gasteiger charge is 2.28. The largest absolute Gasteiger partial charge is 0.355 e. The first-order valence-corrected chi connectivity index (χ1v) is 10.3. The summed E-state index contributed by atoms with van der Waals surface area (Å²) in [7, 11) is 0. The van der Waals surface area contributed by atoms with Crippen LogP contribution in [-0.4, -0.2) is 38.9 Å². The summed E-state index contributed by atoms with van der Waals surface area (Å²) in [6, 6.07) is 7.63. The van der Waals surface area contributed by atoms with E-state index in [0.717, 1.165) is 47.6 Å². The van der Waals surface area contributed by atoms with Crippen molar-refractivity contribution in [2.45, 2.75) is 33.6 Å². The van der Waals surface area contributed by atoms with Gasteiger partial charge in [-0.1, -0.05) is 6.07 Å². The number of aryl methyl sites for hydroxylation is 2. The second kappa shape index (κ2) is 8.57. The lowest BCUT2D eigenvalue weighted by atomic mass is 9.96. The van der Waals surface area contributed by atoms with E-state index in [0.29, 0.717) is 18.2 Å². The van der Waals surface area contributed by atoms with Crippen LogP contribution in [0, 0.1) is 26.7 Å². The van der Waals surface area contributed by atoms with Gasteiger partial charge in [-0.05, 0) is 57.4 Å². The molecule has 1 aliphatic rings.